The van der Waals surface area contributed by atoms with Gasteiger partial charge in [-0.15, -0.1) is 0 Å². The molecule has 0 aliphatic carbocycles. The lowest BCUT2D eigenvalue weighted by Crippen LogP contribution is -2.45. The Balaban J connectivity index is 2.79. The Morgan fingerprint density at radius 2 is 2.07 bits per heavy atom. The highest BCUT2D eigenvalue weighted by Crippen LogP contribution is 2.20. The number of carbonyl (C=O) groups excluding carboxylic acids is 1. The Morgan fingerprint density at radius 1 is 1.43 bits per heavy atom. The normalized spacial score (nSPS) is 25.9. The van der Waals surface area contributed by atoms with Crippen LogP contribution in [0.3, 0.4) is 0 Å². The van der Waals surface area contributed by atoms with Crippen molar-refractivity contribution in [3.05, 3.63) is 0 Å². The lowest BCUT2D eigenvalue weighted by atomic mass is 10.2. The van der Waals surface area contributed by atoms with E-state index in [2.05, 4.69) is 4.74 Å². The van der Waals surface area contributed by atoms with Gasteiger partial charge in [-0.3, -0.25) is 9.69 Å². The van der Waals surface area contributed by atoms with Crippen LogP contribution < -0.4 is 0 Å². The van der Waals surface area contributed by atoms with E-state index < -0.39 is 24.2 Å². The second kappa shape index (κ2) is 3.95. The predicted octanol–water partition coefficient (Wildman–Crippen LogP) is -0.635. The second-order valence-corrected chi connectivity index (χ2v) is 2.82. The van der Waals surface area contributed by atoms with Gasteiger partial charge in [0.05, 0.1) is 0 Å². The van der Waals surface area contributed by atoms with Crippen molar-refractivity contribution in [1.82, 2.24) is 4.90 Å². The third-order valence-electron chi connectivity index (χ3n) is 2.07. The molecule has 1 rings (SSSR count). The van der Waals surface area contributed by atoms with Crippen molar-refractivity contribution in [1.29, 1.82) is 0 Å². The minimum atomic E-state index is -1.32. The van der Waals surface area contributed by atoms with Crippen LogP contribution in [0.25, 0.3) is 0 Å². The van der Waals surface area contributed by atoms with E-state index in [4.69, 9.17) is 10.2 Å². The number of aliphatic carboxylic acids is 1. The molecule has 78 valence electrons. The van der Waals surface area contributed by atoms with E-state index in [0.29, 0.717) is 0 Å². The zero-order chi connectivity index (χ0) is 10.7. The number of carbonyl (C=O) groups is 3. The number of carboxylic acids is 1. The minimum absolute atomic E-state index is 0.0603. The molecule has 7 nitrogen and oxygen atoms in total. The van der Waals surface area contributed by atoms with Crippen LogP contribution in [0.5, 0.6) is 0 Å². The molecule has 0 aromatic carbocycles. The fraction of sp³-hybridized carbons (Fsp3) is 0.571. The van der Waals surface area contributed by atoms with Gasteiger partial charge in [0.15, 0.2) is 6.04 Å². The summed E-state index contributed by atoms with van der Waals surface area (Å²) in [4.78, 5) is 32.1. The summed E-state index contributed by atoms with van der Waals surface area (Å²) < 4.78 is 4.49. The van der Waals surface area contributed by atoms with E-state index in [1.54, 1.807) is 0 Å². The van der Waals surface area contributed by atoms with Crippen LogP contribution >= 0.6 is 0 Å². The molecule has 0 spiro atoms. The van der Waals surface area contributed by atoms with Gasteiger partial charge in [-0.05, 0) is 0 Å². The van der Waals surface area contributed by atoms with Crippen LogP contribution in [0, 0.1) is 0 Å². The molecule has 2 unspecified atom stereocenters. The molecular weight excluding hydrogens is 194 g/mol. The fourth-order valence-electron chi connectivity index (χ4n) is 1.48. The van der Waals surface area contributed by atoms with Crippen molar-refractivity contribution < 1.29 is 29.3 Å². The number of hydrogen-bond donors (Lipinski definition) is 2. The summed E-state index contributed by atoms with van der Waals surface area (Å²) in [5.41, 5.74) is 0. The van der Waals surface area contributed by atoms with Crippen LogP contribution in [0.1, 0.15) is 6.42 Å². The Labute approximate surface area is 78.9 Å². The lowest BCUT2D eigenvalue weighted by Gasteiger charge is -2.20. The second-order valence-electron chi connectivity index (χ2n) is 2.82. The monoisotopic (exact) mass is 203 g/mol. The summed E-state index contributed by atoms with van der Waals surface area (Å²) in [6.07, 6.45) is -2.00. The maximum atomic E-state index is 10.7. The summed E-state index contributed by atoms with van der Waals surface area (Å²) in [6, 6.07) is -1.29. The summed E-state index contributed by atoms with van der Waals surface area (Å²) in [5, 5.41) is 17.4. The molecule has 1 amide bonds. The number of nitrogens with zero attached hydrogens (tertiary/aromatic N) is 1. The van der Waals surface area contributed by atoms with Gasteiger partial charge in [-0.2, -0.15) is 0 Å². The van der Waals surface area contributed by atoms with Gasteiger partial charge in [0.2, 0.25) is 0 Å². The Hall–Kier alpha value is -1.79. The standard InChI is InChI=1S/C7H9NO6/c9-3-14-4-1-2-8(7(12)13)5(4)6(10)11/h3-5H,1-2H2,(H,10,11)(H,12,13). The highest BCUT2D eigenvalue weighted by Gasteiger charge is 2.43. The maximum absolute atomic E-state index is 10.7. The van der Waals surface area contributed by atoms with Gasteiger partial charge >= 0.3 is 12.1 Å². The molecular formula is C7H9NO6. The minimum Gasteiger partial charge on any atom is -0.480 e. The first kappa shape index (κ1) is 10.3. The van der Waals surface area contributed by atoms with E-state index in [0.717, 1.165) is 4.90 Å². The first-order valence-corrected chi connectivity index (χ1v) is 3.89. The molecule has 2 atom stereocenters. The zero-order valence-electron chi connectivity index (χ0n) is 7.12. The van der Waals surface area contributed by atoms with Crippen molar-refractivity contribution in [2.45, 2.75) is 18.6 Å². The van der Waals surface area contributed by atoms with Crippen LogP contribution in [-0.4, -0.2) is 52.3 Å². The number of ether oxygens (including phenoxy) is 1. The maximum Gasteiger partial charge on any atom is 0.408 e. The van der Waals surface area contributed by atoms with Crippen LogP contribution in [0.4, 0.5) is 4.79 Å². The van der Waals surface area contributed by atoms with Gasteiger partial charge in [-0.25, -0.2) is 9.59 Å². The Kier molecular flexibility index (Phi) is 2.90. The zero-order valence-corrected chi connectivity index (χ0v) is 7.12. The van der Waals surface area contributed by atoms with Crippen molar-refractivity contribution in [2.24, 2.45) is 0 Å². The third kappa shape index (κ3) is 1.76. The van der Waals surface area contributed by atoms with Gasteiger partial charge in [0, 0.05) is 13.0 Å². The molecule has 2 N–H and O–H groups in total. The summed E-state index contributed by atoms with van der Waals surface area (Å²) >= 11 is 0. The predicted molar refractivity (Wildman–Crippen MR) is 41.7 cm³/mol. The third-order valence-corrected chi connectivity index (χ3v) is 2.07. The van der Waals surface area contributed by atoms with E-state index in [-0.39, 0.29) is 19.4 Å². The Bertz CT molecular complexity index is 265. The molecule has 0 aromatic heterocycles. The fourth-order valence-corrected chi connectivity index (χ4v) is 1.48. The molecule has 14 heavy (non-hydrogen) atoms. The number of rotatable bonds is 3. The number of hydrogen-bond acceptors (Lipinski definition) is 4. The molecule has 1 fully saturated rings. The van der Waals surface area contributed by atoms with E-state index in [9.17, 15) is 14.4 Å². The molecule has 1 heterocycles. The average molecular weight is 203 g/mol. The van der Waals surface area contributed by atoms with Crippen molar-refractivity contribution >= 4 is 18.5 Å². The molecule has 7 heteroatoms. The smallest absolute Gasteiger partial charge is 0.408 e. The number of carboxylic acid groups (broad SMARTS) is 2. The van der Waals surface area contributed by atoms with Crippen molar-refractivity contribution in [2.75, 3.05) is 6.54 Å². The Morgan fingerprint density at radius 3 is 2.50 bits per heavy atom. The van der Waals surface area contributed by atoms with Gasteiger partial charge < -0.3 is 14.9 Å². The van der Waals surface area contributed by atoms with Crippen LogP contribution in [0.15, 0.2) is 0 Å². The number of likely N-dealkylation sites (tertiary alicyclic amines) is 1. The van der Waals surface area contributed by atoms with Crippen molar-refractivity contribution in [3.8, 4) is 0 Å². The first-order chi connectivity index (χ1) is 6.57. The molecule has 1 saturated heterocycles. The largest absolute Gasteiger partial charge is 0.480 e. The highest BCUT2D eigenvalue weighted by molar-refractivity contribution is 5.81. The molecule has 1 aliphatic heterocycles. The van der Waals surface area contributed by atoms with Gasteiger partial charge in [0.1, 0.15) is 6.10 Å². The highest BCUT2D eigenvalue weighted by atomic mass is 16.5. The molecule has 0 saturated carbocycles. The number of amides is 1. The van der Waals surface area contributed by atoms with E-state index >= 15 is 0 Å². The molecule has 0 radical (unpaired) electrons. The van der Waals surface area contributed by atoms with E-state index in [1.165, 1.54) is 0 Å². The summed E-state index contributed by atoms with van der Waals surface area (Å²) in [6.45, 7) is 0.191. The van der Waals surface area contributed by atoms with Crippen LogP contribution in [0.2, 0.25) is 0 Å². The van der Waals surface area contributed by atoms with Crippen molar-refractivity contribution in [3.63, 3.8) is 0 Å². The lowest BCUT2D eigenvalue weighted by molar-refractivity contribution is -0.148. The first-order valence-electron chi connectivity index (χ1n) is 3.89. The van der Waals surface area contributed by atoms with E-state index in [1.807, 2.05) is 0 Å². The van der Waals surface area contributed by atoms with Crippen LogP contribution in [-0.2, 0) is 14.3 Å². The quantitative estimate of drug-likeness (QED) is 0.591. The molecule has 0 aromatic rings. The molecule has 0 bridgehead atoms. The summed E-state index contributed by atoms with van der Waals surface area (Å²) in [7, 11) is 0. The van der Waals surface area contributed by atoms with Gasteiger partial charge in [0.25, 0.3) is 6.47 Å². The average Bonchev–Trinajstić information content (AvgIpc) is 2.48. The molecule has 1 aliphatic rings. The SMILES string of the molecule is O=COC1CCN(C(=O)O)C1C(=O)O. The topological polar surface area (TPSA) is 104 Å². The van der Waals surface area contributed by atoms with Gasteiger partial charge in [-0.1, -0.05) is 0 Å². The summed E-state index contributed by atoms with van der Waals surface area (Å²) in [5.74, 6) is -1.31.